The molecule has 0 aromatic heterocycles. The van der Waals surface area contributed by atoms with Gasteiger partial charge in [-0.25, -0.2) is 0 Å². The first-order valence-corrected chi connectivity index (χ1v) is 6.55. The summed E-state index contributed by atoms with van der Waals surface area (Å²) in [5.41, 5.74) is 1.23. The molecule has 0 spiro atoms. The molecule has 2 unspecified atom stereocenters. The number of likely N-dealkylation sites (N-methyl/N-ethyl adjacent to an activating group) is 1. The molecule has 1 amide bonds. The van der Waals surface area contributed by atoms with E-state index in [-0.39, 0.29) is 17.9 Å². The van der Waals surface area contributed by atoms with Gasteiger partial charge in [0.2, 0.25) is 5.91 Å². The van der Waals surface area contributed by atoms with Crippen LogP contribution in [0.2, 0.25) is 0 Å². The molecule has 3 heteroatoms. The molecule has 0 saturated carbocycles. The summed E-state index contributed by atoms with van der Waals surface area (Å²) < 4.78 is 0. The van der Waals surface area contributed by atoms with E-state index in [1.54, 1.807) is 0 Å². The van der Waals surface area contributed by atoms with Crippen LogP contribution < -0.4 is 5.32 Å². The van der Waals surface area contributed by atoms with Gasteiger partial charge < -0.3 is 10.2 Å². The van der Waals surface area contributed by atoms with Crippen LogP contribution >= 0.6 is 0 Å². The monoisotopic (exact) mass is 248 g/mol. The molecule has 0 aliphatic heterocycles. The molecule has 0 bridgehead atoms. The molecule has 0 fully saturated rings. The Morgan fingerprint density at radius 3 is 2.39 bits per heavy atom. The van der Waals surface area contributed by atoms with E-state index in [2.05, 4.69) is 22.3 Å². The fourth-order valence-corrected chi connectivity index (χ4v) is 1.83. The Labute approximate surface area is 110 Å². The second kappa shape index (κ2) is 7.17. The van der Waals surface area contributed by atoms with Crippen LogP contribution in [0, 0.1) is 5.92 Å². The van der Waals surface area contributed by atoms with Crippen LogP contribution in [-0.2, 0) is 4.79 Å². The van der Waals surface area contributed by atoms with Crippen LogP contribution in [0.1, 0.15) is 31.9 Å². The second-order valence-electron chi connectivity index (χ2n) is 4.94. The first-order chi connectivity index (χ1) is 8.56. The molecule has 1 rings (SSSR count). The maximum Gasteiger partial charge on any atom is 0.222 e. The Hall–Kier alpha value is -1.35. The molecule has 0 heterocycles. The van der Waals surface area contributed by atoms with Crippen LogP contribution in [0.4, 0.5) is 0 Å². The maximum atomic E-state index is 11.8. The average Bonchev–Trinajstić information content (AvgIpc) is 2.38. The molecule has 0 saturated heterocycles. The van der Waals surface area contributed by atoms with Gasteiger partial charge in [-0.05, 0) is 26.1 Å². The minimum atomic E-state index is 0.0867. The summed E-state index contributed by atoms with van der Waals surface area (Å²) >= 11 is 0. The van der Waals surface area contributed by atoms with Crippen molar-refractivity contribution in [3.8, 4) is 0 Å². The highest BCUT2D eigenvalue weighted by atomic mass is 16.1. The Morgan fingerprint density at radius 1 is 1.28 bits per heavy atom. The van der Waals surface area contributed by atoms with E-state index in [9.17, 15) is 4.79 Å². The summed E-state index contributed by atoms with van der Waals surface area (Å²) in [5.74, 6) is 0.226. The van der Waals surface area contributed by atoms with Crippen molar-refractivity contribution in [3.63, 3.8) is 0 Å². The summed E-state index contributed by atoms with van der Waals surface area (Å²) in [6.07, 6.45) is 0.879. The van der Waals surface area contributed by atoms with Gasteiger partial charge in [0.25, 0.3) is 0 Å². The lowest BCUT2D eigenvalue weighted by Crippen LogP contribution is -2.36. The third-order valence-electron chi connectivity index (χ3n) is 3.34. The predicted octanol–water partition coefficient (Wildman–Crippen LogP) is 2.45. The third-order valence-corrected chi connectivity index (χ3v) is 3.34. The van der Waals surface area contributed by atoms with Crippen molar-refractivity contribution in [1.29, 1.82) is 0 Å². The van der Waals surface area contributed by atoms with Gasteiger partial charge in [0.1, 0.15) is 0 Å². The Morgan fingerprint density at radius 2 is 1.89 bits per heavy atom. The molecule has 100 valence electrons. The SMILES string of the molecule is CCC(C)C(=O)NCC(c1ccccc1)N(C)C. The first-order valence-electron chi connectivity index (χ1n) is 6.55. The maximum absolute atomic E-state index is 11.8. The molecule has 0 aliphatic carbocycles. The first kappa shape index (κ1) is 14.7. The van der Waals surface area contributed by atoms with E-state index in [4.69, 9.17) is 0 Å². The Bertz CT molecular complexity index is 362. The van der Waals surface area contributed by atoms with Gasteiger partial charge in [-0.1, -0.05) is 44.2 Å². The van der Waals surface area contributed by atoms with E-state index in [0.717, 1.165) is 6.42 Å². The Balaban J connectivity index is 2.63. The summed E-state index contributed by atoms with van der Waals surface area (Å²) in [6.45, 7) is 4.65. The lowest BCUT2D eigenvalue weighted by atomic mass is 10.0. The van der Waals surface area contributed by atoms with Crippen molar-refractivity contribution in [2.45, 2.75) is 26.3 Å². The molecule has 3 nitrogen and oxygen atoms in total. The topological polar surface area (TPSA) is 32.3 Å². The number of benzene rings is 1. The molecule has 1 aromatic carbocycles. The molecule has 1 aromatic rings. The van der Waals surface area contributed by atoms with Crippen LogP contribution in [0.15, 0.2) is 30.3 Å². The second-order valence-corrected chi connectivity index (χ2v) is 4.94. The van der Waals surface area contributed by atoms with Crippen LogP contribution in [0.25, 0.3) is 0 Å². The van der Waals surface area contributed by atoms with Gasteiger partial charge in [-0.3, -0.25) is 4.79 Å². The molecule has 1 N–H and O–H groups in total. The Kier molecular flexibility index (Phi) is 5.86. The van der Waals surface area contributed by atoms with E-state index < -0.39 is 0 Å². The van der Waals surface area contributed by atoms with Crippen molar-refractivity contribution >= 4 is 5.91 Å². The highest BCUT2D eigenvalue weighted by Gasteiger charge is 2.16. The van der Waals surface area contributed by atoms with E-state index >= 15 is 0 Å². The highest BCUT2D eigenvalue weighted by molar-refractivity contribution is 5.78. The largest absolute Gasteiger partial charge is 0.354 e. The minimum absolute atomic E-state index is 0.0867. The smallest absolute Gasteiger partial charge is 0.222 e. The minimum Gasteiger partial charge on any atom is -0.354 e. The zero-order valence-corrected chi connectivity index (χ0v) is 11.8. The molecular weight excluding hydrogens is 224 g/mol. The van der Waals surface area contributed by atoms with Gasteiger partial charge in [-0.15, -0.1) is 0 Å². The van der Waals surface area contributed by atoms with Crippen LogP contribution in [0.5, 0.6) is 0 Å². The number of carbonyl (C=O) groups excluding carboxylic acids is 1. The molecule has 0 radical (unpaired) electrons. The lowest BCUT2D eigenvalue weighted by Gasteiger charge is -2.25. The fraction of sp³-hybridized carbons (Fsp3) is 0.533. The number of carbonyl (C=O) groups is 1. The number of hydrogen-bond acceptors (Lipinski definition) is 2. The predicted molar refractivity (Wildman–Crippen MR) is 75.3 cm³/mol. The zero-order valence-electron chi connectivity index (χ0n) is 11.8. The van der Waals surface area contributed by atoms with E-state index in [1.165, 1.54) is 5.56 Å². The van der Waals surface area contributed by atoms with Crippen LogP contribution in [-0.4, -0.2) is 31.4 Å². The van der Waals surface area contributed by atoms with Crippen molar-refractivity contribution in [2.75, 3.05) is 20.6 Å². The van der Waals surface area contributed by atoms with Gasteiger partial charge >= 0.3 is 0 Å². The molecule has 18 heavy (non-hydrogen) atoms. The van der Waals surface area contributed by atoms with Crippen LogP contribution in [0.3, 0.4) is 0 Å². The summed E-state index contributed by atoms with van der Waals surface area (Å²) in [5, 5.41) is 3.03. The number of nitrogens with zero attached hydrogens (tertiary/aromatic N) is 1. The average molecular weight is 248 g/mol. The number of rotatable bonds is 6. The van der Waals surface area contributed by atoms with Gasteiger partial charge in [0.15, 0.2) is 0 Å². The zero-order chi connectivity index (χ0) is 13.5. The number of nitrogens with one attached hydrogen (secondary N) is 1. The summed E-state index contributed by atoms with van der Waals surface area (Å²) in [6, 6.07) is 10.5. The van der Waals surface area contributed by atoms with Crippen molar-refractivity contribution in [1.82, 2.24) is 10.2 Å². The van der Waals surface area contributed by atoms with E-state index in [0.29, 0.717) is 6.54 Å². The molecule has 0 aliphatic rings. The van der Waals surface area contributed by atoms with Crippen molar-refractivity contribution in [2.24, 2.45) is 5.92 Å². The van der Waals surface area contributed by atoms with Gasteiger partial charge in [-0.2, -0.15) is 0 Å². The van der Waals surface area contributed by atoms with Crippen molar-refractivity contribution < 1.29 is 4.79 Å². The highest BCUT2D eigenvalue weighted by Crippen LogP contribution is 2.16. The van der Waals surface area contributed by atoms with Crippen molar-refractivity contribution in [3.05, 3.63) is 35.9 Å². The fourth-order valence-electron chi connectivity index (χ4n) is 1.83. The van der Waals surface area contributed by atoms with Gasteiger partial charge in [0.05, 0.1) is 6.04 Å². The quantitative estimate of drug-likeness (QED) is 0.838. The van der Waals surface area contributed by atoms with E-state index in [1.807, 2.05) is 46.1 Å². The molecular formula is C15H24N2O. The number of amides is 1. The standard InChI is InChI=1S/C15H24N2O/c1-5-12(2)15(18)16-11-14(17(3)4)13-9-7-6-8-10-13/h6-10,12,14H,5,11H2,1-4H3,(H,16,18). The number of hydrogen-bond donors (Lipinski definition) is 1. The summed E-state index contributed by atoms with van der Waals surface area (Å²) in [7, 11) is 4.07. The third kappa shape index (κ3) is 4.15. The normalized spacial score (nSPS) is 14.3. The van der Waals surface area contributed by atoms with Gasteiger partial charge in [0, 0.05) is 12.5 Å². The summed E-state index contributed by atoms with van der Waals surface area (Å²) in [4.78, 5) is 13.9. The molecule has 2 atom stereocenters. The lowest BCUT2D eigenvalue weighted by molar-refractivity contribution is -0.124.